The number of anilines is 1. The van der Waals surface area contributed by atoms with Crippen LogP contribution in [0.3, 0.4) is 0 Å². The highest BCUT2D eigenvalue weighted by Crippen LogP contribution is 2.37. The van der Waals surface area contributed by atoms with Gasteiger partial charge in [-0.15, -0.1) is 5.10 Å². The lowest BCUT2D eigenvalue weighted by Gasteiger charge is -2.32. The highest BCUT2D eigenvalue weighted by atomic mass is 32.2. The van der Waals surface area contributed by atoms with E-state index >= 15 is 0 Å². The maximum Gasteiger partial charge on any atom is 0.417 e. The number of thioether (sulfide) groups is 1. The molecule has 1 saturated heterocycles. The summed E-state index contributed by atoms with van der Waals surface area (Å²) in [6, 6.07) is 1.87. The van der Waals surface area contributed by atoms with E-state index in [0.717, 1.165) is 40.4 Å². The molecule has 0 bridgehead atoms. The zero-order chi connectivity index (χ0) is 32.2. The van der Waals surface area contributed by atoms with Gasteiger partial charge < -0.3 is 15.5 Å². The maximum atomic E-state index is 13.7. The van der Waals surface area contributed by atoms with E-state index < -0.39 is 59.8 Å². The molecule has 1 fully saturated rings. The minimum Gasteiger partial charge on any atom is -0.368 e. The molecule has 0 amide bonds. The number of halogens is 9. The molecule has 2 heterocycles. The summed E-state index contributed by atoms with van der Waals surface area (Å²) in [7, 11) is 1.26. The third-order valence-electron chi connectivity index (χ3n) is 6.74. The monoisotopic (exact) mass is 645 g/mol. The van der Waals surface area contributed by atoms with Gasteiger partial charge in [0.15, 0.2) is 0 Å². The zero-order valence-corrected chi connectivity index (χ0v) is 24.1. The summed E-state index contributed by atoms with van der Waals surface area (Å²) in [6.45, 7) is 1.54. The molecule has 0 atom stereocenters. The Labute approximate surface area is 247 Å². The number of aromatic nitrogens is 1. The average molecular weight is 646 g/mol. The first-order valence-electron chi connectivity index (χ1n) is 13.1. The molecule has 1 aliphatic heterocycles. The van der Waals surface area contributed by atoms with Crippen molar-refractivity contribution in [2.75, 3.05) is 36.5 Å². The molecule has 0 radical (unpaired) electrons. The van der Waals surface area contributed by atoms with Crippen LogP contribution in [0.1, 0.15) is 47.6 Å². The van der Waals surface area contributed by atoms with Crippen molar-refractivity contribution in [3.63, 3.8) is 0 Å². The van der Waals surface area contributed by atoms with Gasteiger partial charge in [-0.05, 0) is 67.0 Å². The number of hydrazine groups is 1. The quantitative estimate of drug-likeness (QED) is 0.111. The highest BCUT2D eigenvalue weighted by Gasteiger charge is 2.37. The Hall–Kier alpha value is -3.08. The first kappa shape index (κ1) is 34.4. The normalized spacial score (nSPS) is 15.5. The summed E-state index contributed by atoms with van der Waals surface area (Å²) >= 11 is 1.81. The number of guanidine groups is 1. The predicted octanol–water partition coefficient (Wildman–Crippen LogP) is 6.14. The van der Waals surface area contributed by atoms with Crippen LogP contribution in [0, 0.1) is 5.92 Å². The summed E-state index contributed by atoms with van der Waals surface area (Å²) in [5.74, 6) is 7.42. The van der Waals surface area contributed by atoms with Gasteiger partial charge in [0.2, 0.25) is 5.96 Å². The Balaban J connectivity index is 2.11. The topological polar surface area (TPSA) is 87.0 Å². The number of nitrogens with two attached hydrogens (primary N) is 2. The van der Waals surface area contributed by atoms with Crippen molar-refractivity contribution in [3.8, 4) is 0 Å². The number of alkyl halides is 9. The van der Waals surface area contributed by atoms with Gasteiger partial charge >= 0.3 is 18.5 Å². The number of benzene rings is 1. The number of hydrogen-bond donors (Lipinski definition) is 2. The van der Waals surface area contributed by atoms with Gasteiger partial charge in [-0.25, -0.2) is 15.9 Å². The molecule has 7 nitrogen and oxygen atoms in total. The van der Waals surface area contributed by atoms with Crippen molar-refractivity contribution < 1.29 is 39.5 Å². The van der Waals surface area contributed by atoms with E-state index in [4.69, 9.17) is 11.6 Å². The van der Waals surface area contributed by atoms with Crippen molar-refractivity contribution in [1.29, 1.82) is 0 Å². The Bertz CT molecular complexity index is 1220. The second-order valence-electron chi connectivity index (χ2n) is 10.1. The molecule has 0 spiro atoms. The molecular weight excluding hydrogens is 613 g/mol. The van der Waals surface area contributed by atoms with Crippen LogP contribution in [-0.4, -0.2) is 52.6 Å². The fourth-order valence-corrected chi connectivity index (χ4v) is 5.85. The van der Waals surface area contributed by atoms with E-state index in [0.29, 0.717) is 31.4 Å². The van der Waals surface area contributed by atoms with Crippen molar-refractivity contribution in [2.24, 2.45) is 22.6 Å². The molecule has 240 valence electrons. The summed E-state index contributed by atoms with van der Waals surface area (Å²) < 4.78 is 122. The van der Waals surface area contributed by atoms with Crippen molar-refractivity contribution in [2.45, 2.75) is 51.4 Å². The van der Waals surface area contributed by atoms with E-state index in [-0.39, 0.29) is 23.4 Å². The van der Waals surface area contributed by atoms with Gasteiger partial charge in [0, 0.05) is 45.0 Å². The molecule has 4 N–H and O–H groups in total. The van der Waals surface area contributed by atoms with Crippen molar-refractivity contribution >= 4 is 23.5 Å². The van der Waals surface area contributed by atoms with Gasteiger partial charge in [-0.1, -0.05) is 0 Å². The average Bonchev–Trinajstić information content (AvgIpc) is 2.90. The van der Waals surface area contributed by atoms with E-state index in [1.807, 2.05) is 16.7 Å². The second-order valence-corrected chi connectivity index (χ2v) is 11.3. The lowest BCUT2D eigenvalue weighted by molar-refractivity contribution is -0.143. The Morgan fingerprint density at radius 2 is 1.47 bits per heavy atom. The van der Waals surface area contributed by atoms with Gasteiger partial charge in [-0.3, -0.25) is 0 Å². The van der Waals surface area contributed by atoms with Crippen molar-refractivity contribution in [3.05, 3.63) is 58.3 Å². The zero-order valence-electron chi connectivity index (χ0n) is 23.3. The molecule has 0 saturated carbocycles. The number of pyridine rings is 1. The van der Waals surface area contributed by atoms with Crippen LogP contribution in [0.25, 0.3) is 0 Å². The summed E-state index contributed by atoms with van der Waals surface area (Å²) in [5.41, 5.74) is 1.42. The summed E-state index contributed by atoms with van der Waals surface area (Å²) in [6.07, 6.45) is -12.5. The van der Waals surface area contributed by atoms with Crippen LogP contribution < -0.4 is 16.5 Å². The fraction of sp³-hybridized carbons (Fsp3) is 0.538. The minimum absolute atomic E-state index is 0.00250. The standard InChI is InChI=1S/C26H32F9N7S/c1-3-41(13-16-4-6-43-7-5-16)22-18(10-21(12-38-22)26(33,34)35)15-42(23(36)39-40(2)37)14-17-8-19(24(27,28)29)11-20(9-17)25(30,31)32/h8-12,16H,3-7,13-15,37H2,1-2H3,(H2,36,39). The van der Waals surface area contributed by atoms with Crippen LogP contribution in [0.5, 0.6) is 0 Å². The van der Waals surface area contributed by atoms with E-state index in [9.17, 15) is 39.5 Å². The largest absolute Gasteiger partial charge is 0.417 e. The predicted molar refractivity (Wildman–Crippen MR) is 146 cm³/mol. The Kier molecular flexibility index (Phi) is 11.0. The Morgan fingerprint density at radius 3 is 1.95 bits per heavy atom. The molecule has 1 aromatic heterocycles. The molecular formula is C26H32F9N7S. The number of hydrogen-bond acceptors (Lipinski definition) is 6. The van der Waals surface area contributed by atoms with E-state index in [2.05, 4.69) is 10.1 Å². The third-order valence-corrected chi connectivity index (χ3v) is 7.79. The van der Waals surface area contributed by atoms with Crippen molar-refractivity contribution in [1.82, 2.24) is 15.0 Å². The molecule has 0 aliphatic carbocycles. The SMILES string of the molecule is CCN(CC1CCSCC1)c1ncc(C(F)(F)F)cc1CN(Cc1cc(C(F)(F)F)cc(C(F)(F)F)c1)/C(N)=N/N(C)N. The number of rotatable bonds is 9. The summed E-state index contributed by atoms with van der Waals surface area (Å²) in [4.78, 5) is 6.97. The van der Waals surface area contributed by atoms with E-state index in [1.165, 1.54) is 7.05 Å². The number of nitrogens with zero attached hydrogens (tertiary/aromatic N) is 5. The molecule has 1 aromatic carbocycles. The lowest BCUT2D eigenvalue weighted by atomic mass is 10.0. The van der Waals surface area contributed by atoms with Gasteiger partial charge in [0.1, 0.15) is 5.82 Å². The van der Waals surface area contributed by atoms with Crippen LogP contribution in [0.15, 0.2) is 35.6 Å². The first-order valence-corrected chi connectivity index (χ1v) is 14.3. The molecule has 17 heteroatoms. The molecule has 2 aromatic rings. The molecule has 3 rings (SSSR count). The van der Waals surface area contributed by atoms with Crippen LogP contribution in [0.2, 0.25) is 0 Å². The molecule has 1 aliphatic rings. The van der Waals surface area contributed by atoms with Gasteiger partial charge in [-0.2, -0.15) is 51.3 Å². The molecule has 0 unspecified atom stereocenters. The first-order chi connectivity index (χ1) is 19.9. The smallest absolute Gasteiger partial charge is 0.368 e. The Morgan fingerprint density at radius 1 is 0.907 bits per heavy atom. The van der Waals surface area contributed by atoms with Gasteiger partial charge in [0.05, 0.1) is 16.7 Å². The van der Waals surface area contributed by atoms with Crippen LogP contribution in [-0.2, 0) is 31.6 Å². The van der Waals surface area contributed by atoms with E-state index in [1.54, 1.807) is 6.92 Å². The third kappa shape index (κ3) is 9.71. The van der Waals surface area contributed by atoms with Crippen LogP contribution >= 0.6 is 11.8 Å². The molecule has 43 heavy (non-hydrogen) atoms. The fourth-order valence-electron chi connectivity index (χ4n) is 4.64. The number of hydrazone groups is 1. The lowest BCUT2D eigenvalue weighted by Crippen LogP contribution is -2.40. The highest BCUT2D eigenvalue weighted by molar-refractivity contribution is 7.99. The van der Waals surface area contributed by atoms with Crippen LogP contribution in [0.4, 0.5) is 45.3 Å². The maximum absolute atomic E-state index is 13.7. The second kappa shape index (κ2) is 13.7. The summed E-state index contributed by atoms with van der Waals surface area (Å²) in [5, 5.41) is 4.55. The van der Waals surface area contributed by atoms with Gasteiger partial charge in [0.25, 0.3) is 0 Å². The minimum atomic E-state index is -5.10.